The lowest BCUT2D eigenvalue weighted by molar-refractivity contribution is -0.141. The Morgan fingerprint density at radius 2 is 1.44 bits per heavy atom. The van der Waals surface area contributed by atoms with Gasteiger partial charge in [0.25, 0.3) is 0 Å². The van der Waals surface area contributed by atoms with E-state index in [0.717, 1.165) is 50.7 Å². The molecule has 5 aliphatic rings. The molecular weight excluding hydrogens is 520 g/mol. The average Bonchev–Trinajstić information content (AvgIpc) is 3.62. The number of rotatable bonds is 6. The van der Waals surface area contributed by atoms with Gasteiger partial charge in [0.05, 0.1) is 60.1 Å². The highest BCUT2D eigenvalue weighted by molar-refractivity contribution is 6.17. The van der Waals surface area contributed by atoms with E-state index in [9.17, 15) is 14.7 Å². The number of esters is 2. The molecule has 0 aromatic rings. The molecule has 41 heavy (non-hydrogen) atoms. The van der Waals surface area contributed by atoms with Crippen LogP contribution in [0.3, 0.4) is 0 Å². The third kappa shape index (κ3) is 5.44. The highest BCUT2D eigenvalue weighted by atomic mass is 16.5. The standard InChI is InChI=1S/C32H34N4O5/c1-16-11-20-12-24-19(4)32(39)29(36-24)14-26-18(3)22(8-10-31(38)41-6)28(35-26)15-27-21(7-9-30(37)40-5)17(2)25(34-27)13-23(16)33-20/h11-15,19,36,39H,7-10H2,1-6H3. The van der Waals surface area contributed by atoms with Gasteiger partial charge in [0, 0.05) is 18.5 Å². The van der Waals surface area contributed by atoms with E-state index in [4.69, 9.17) is 24.5 Å². The van der Waals surface area contributed by atoms with Crippen LogP contribution in [0.5, 0.6) is 0 Å². The van der Waals surface area contributed by atoms with Gasteiger partial charge < -0.3 is 19.9 Å². The van der Waals surface area contributed by atoms with Gasteiger partial charge in [-0.3, -0.25) is 9.59 Å². The zero-order chi connectivity index (χ0) is 29.4. The molecule has 0 saturated carbocycles. The molecule has 5 aliphatic heterocycles. The van der Waals surface area contributed by atoms with Crippen molar-refractivity contribution in [3.63, 3.8) is 0 Å². The van der Waals surface area contributed by atoms with Crippen LogP contribution in [0.2, 0.25) is 0 Å². The van der Waals surface area contributed by atoms with Gasteiger partial charge in [-0.05, 0) is 98.8 Å². The van der Waals surface area contributed by atoms with Gasteiger partial charge >= 0.3 is 11.9 Å². The first-order valence-corrected chi connectivity index (χ1v) is 13.7. The van der Waals surface area contributed by atoms with Crippen molar-refractivity contribution in [1.82, 2.24) is 5.32 Å². The second kappa shape index (κ2) is 11.2. The molecule has 1 unspecified atom stereocenters. The van der Waals surface area contributed by atoms with Crippen LogP contribution >= 0.6 is 0 Å². The average molecular weight is 555 g/mol. The fourth-order valence-corrected chi connectivity index (χ4v) is 5.37. The third-order valence-electron chi connectivity index (χ3n) is 7.97. The molecule has 212 valence electrons. The molecule has 1 atom stereocenters. The second-order valence-corrected chi connectivity index (χ2v) is 10.6. The Labute approximate surface area is 239 Å². The van der Waals surface area contributed by atoms with Crippen LogP contribution < -0.4 is 5.32 Å². The molecule has 0 saturated heterocycles. The monoisotopic (exact) mass is 554 g/mol. The molecule has 9 nitrogen and oxygen atoms in total. The lowest BCUT2D eigenvalue weighted by Gasteiger charge is -2.08. The minimum absolute atomic E-state index is 0.200. The van der Waals surface area contributed by atoms with Crippen molar-refractivity contribution in [3.05, 3.63) is 92.5 Å². The van der Waals surface area contributed by atoms with E-state index in [1.807, 2.05) is 58.1 Å². The zero-order valence-electron chi connectivity index (χ0n) is 24.2. The van der Waals surface area contributed by atoms with Crippen molar-refractivity contribution in [3.8, 4) is 0 Å². The molecule has 5 heterocycles. The molecule has 0 aromatic heterocycles. The summed E-state index contributed by atoms with van der Waals surface area (Å²) in [5, 5.41) is 14.3. The number of nitrogens with one attached hydrogen (secondary N) is 1. The van der Waals surface area contributed by atoms with Crippen molar-refractivity contribution >= 4 is 29.1 Å². The van der Waals surface area contributed by atoms with Crippen LogP contribution in [0.4, 0.5) is 0 Å². The summed E-state index contributed by atoms with van der Waals surface area (Å²) in [6.45, 7) is 7.90. The largest absolute Gasteiger partial charge is 0.509 e. The van der Waals surface area contributed by atoms with Crippen molar-refractivity contribution in [2.24, 2.45) is 20.9 Å². The van der Waals surface area contributed by atoms with Gasteiger partial charge in [-0.1, -0.05) is 0 Å². The zero-order valence-corrected chi connectivity index (χ0v) is 24.2. The first kappa shape index (κ1) is 28.0. The molecule has 0 spiro atoms. The van der Waals surface area contributed by atoms with E-state index in [1.165, 1.54) is 14.2 Å². The van der Waals surface area contributed by atoms with E-state index in [2.05, 4.69) is 5.32 Å². The summed E-state index contributed by atoms with van der Waals surface area (Å²) in [7, 11) is 2.75. The van der Waals surface area contributed by atoms with Gasteiger partial charge in [0.2, 0.25) is 0 Å². The number of allylic oxidation sites excluding steroid dienone is 10. The topological polar surface area (TPSA) is 122 Å². The SMILES string of the molecule is COC(=O)CCC1=C(C)C2=NC1=CC1=NC(=CC3=C(O)C(C)C(=CC4=NC(=C2)C(C)=C4)N3)C(C)=C1CCC(=O)OC. The van der Waals surface area contributed by atoms with Gasteiger partial charge in [-0.25, -0.2) is 15.0 Å². The summed E-state index contributed by atoms with van der Waals surface area (Å²) in [6.07, 6.45) is 11.0. The molecular formula is C32H34N4O5. The molecule has 0 aliphatic carbocycles. The highest BCUT2D eigenvalue weighted by Gasteiger charge is 2.29. The number of methoxy groups -OCH3 is 2. The number of nitrogens with zero attached hydrogens (tertiary/aromatic N) is 3. The number of ether oxygens (including phenoxy) is 2. The van der Waals surface area contributed by atoms with Crippen LogP contribution in [0.15, 0.2) is 107 Å². The van der Waals surface area contributed by atoms with Crippen molar-refractivity contribution in [1.29, 1.82) is 0 Å². The summed E-state index contributed by atoms with van der Waals surface area (Å²) in [5.74, 6) is -0.617. The quantitative estimate of drug-likeness (QED) is 0.425. The van der Waals surface area contributed by atoms with Crippen LogP contribution in [0, 0.1) is 5.92 Å². The third-order valence-corrected chi connectivity index (χ3v) is 7.97. The molecule has 5 rings (SSSR count). The number of aliphatic hydroxyl groups is 1. The molecule has 0 aromatic carbocycles. The van der Waals surface area contributed by atoms with E-state index in [1.54, 1.807) is 0 Å². The van der Waals surface area contributed by atoms with Gasteiger partial charge in [-0.15, -0.1) is 0 Å². The Balaban J connectivity index is 1.69. The minimum Gasteiger partial charge on any atom is -0.509 e. The molecule has 0 radical (unpaired) electrons. The van der Waals surface area contributed by atoms with Crippen LogP contribution in [0.1, 0.15) is 53.4 Å². The molecule has 2 N–H and O–H groups in total. The predicted octanol–water partition coefficient (Wildman–Crippen LogP) is 5.39. The summed E-state index contributed by atoms with van der Waals surface area (Å²) in [4.78, 5) is 38.8. The fourth-order valence-electron chi connectivity index (χ4n) is 5.37. The van der Waals surface area contributed by atoms with Crippen molar-refractivity contribution in [2.45, 2.75) is 53.4 Å². The van der Waals surface area contributed by atoms with E-state index in [-0.39, 0.29) is 36.5 Å². The maximum absolute atomic E-state index is 12.1. The number of carbonyl (C=O) groups excluding carboxylic acids is 2. The number of aliphatic hydroxyl groups excluding tert-OH is 1. The Morgan fingerprint density at radius 3 is 2.12 bits per heavy atom. The summed E-state index contributed by atoms with van der Waals surface area (Å²) in [6, 6.07) is 0. The van der Waals surface area contributed by atoms with E-state index < -0.39 is 0 Å². The lowest BCUT2D eigenvalue weighted by Crippen LogP contribution is -2.09. The number of hydrogen-bond donors (Lipinski definition) is 2. The number of aliphatic imine (C=N–C) groups is 3. The van der Waals surface area contributed by atoms with E-state index >= 15 is 0 Å². The molecule has 8 bridgehead atoms. The van der Waals surface area contributed by atoms with Gasteiger partial charge in [-0.2, -0.15) is 0 Å². The number of carbonyl (C=O) groups is 2. The number of hydrogen-bond acceptors (Lipinski definition) is 9. The molecule has 9 heteroatoms. The molecule has 0 amide bonds. The van der Waals surface area contributed by atoms with E-state index in [0.29, 0.717) is 35.6 Å². The maximum atomic E-state index is 12.1. The Hall–Kier alpha value is -4.53. The smallest absolute Gasteiger partial charge is 0.305 e. The lowest BCUT2D eigenvalue weighted by atomic mass is 9.96. The first-order chi connectivity index (χ1) is 19.6. The maximum Gasteiger partial charge on any atom is 0.305 e. The second-order valence-electron chi connectivity index (χ2n) is 10.6. The molecule has 0 fully saturated rings. The Morgan fingerprint density at radius 1 is 0.805 bits per heavy atom. The van der Waals surface area contributed by atoms with Crippen molar-refractivity contribution < 1.29 is 24.2 Å². The van der Waals surface area contributed by atoms with Crippen LogP contribution in [0.25, 0.3) is 0 Å². The normalized spacial score (nSPS) is 21.5. The number of fused-ring (bicyclic) bond motifs is 5. The van der Waals surface area contributed by atoms with Crippen LogP contribution in [-0.4, -0.2) is 48.4 Å². The van der Waals surface area contributed by atoms with Crippen LogP contribution in [-0.2, 0) is 19.1 Å². The Kier molecular flexibility index (Phi) is 7.62. The van der Waals surface area contributed by atoms with Crippen molar-refractivity contribution in [2.75, 3.05) is 14.2 Å². The van der Waals surface area contributed by atoms with Gasteiger partial charge in [0.1, 0.15) is 5.76 Å². The summed E-state index contributed by atoms with van der Waals surface area (Å²) < 4.78 is 9.79. The fraction of sp³-hybridized carbons (Fsp3) is 0.344. The first-order valence-electron chi connectivity index (χ1n) is 13.7. The minimum atomic E-state index is -0.309. The Bertz CT molecular complexity index is 1600. The summed E-state index contributed by atoms with van der Waals surface area (Å²) in [5.41, 5.74) is 10.5. The highest BCUT2D eigenvalue weighted by Crippen LogP contribution is 2.37. The predicted molar refractivity (Wildman–Crippen MR) is 158 cm³/mol. The summed E-state index contributed by atoms with van der Waals surface area (Å²) >= 11 is 0. The van der Waals surface area contributed by atoms with Gasteiger partial charge in [0.15, 0.2) is 0 Å².